The molecule has 0 bridgehead atoms. The van der Waals surface area contributed by atoms with E-state index >= 15 is 0 Å². The third-order valence-electron chi connectivity index (χ3n) is 1.45. The van der Waals surface area contributed by atoms with Gasteiger partial charge in [-0.3, -0.25) is 0 Å². The van der Waals surface area contributed by atoms with Crippen molar-refractivity contribution < 1.29 is 9.47 Å². The summed E-state index contributed by atoms with van der Waals surface area (Å²) in [4.78, 5) is 0. The van der Waals surface area contributed by atoms with Crippen LogP contribution in [0.25, 0.3) is 0 Å². The normalized spacial score (nSPS) is 32.0. The van der Waals surface area contributed by atoms with E-state index in [-0.39, 0.29) is 12.1 Å². The van der Waals surface area contributed by atoms with Crippen LogP contribution in [0.5, 0.6) is 0 Å². The molecule has 3 heteroatoms. The highest BCUT2D eigenvalue weighted by atomic mass is 16.5. The Bertz CT molecular complexity index is 141. The van der Waals surface area contributed by atoms with Crippen LogP contribution >= 0.6 is 0 Å². The van der Waals surface area contributed by atoms with E-state index in [4.69, 9.17) is 21.6 Å². The first kappa shape index (κ1) is 7.55. The van der Waals surface area contributed by atoms with Crippen molar-refractivity contribution in [1.29, 1.82) is 0 Å². The Hall–Kier alpha value is -0.560. The Labute approximate surface area is 60.5 Å². The molecule has 56 valence electrons. The molecular weight excluding hydrogens is 130 g/mol. The molecule has 0 aromatic carbocycles. The summed E-state index contributed by atoms with van der Waals surface area (Å²) in [7, 11) is 0. The van der Waals surface area contributed by atoms with Crippen molar-refractivity contribution in [1.82, 2.24) is 0 Å². The molecule has 0 unspecified atom stereocenters. The van der Waals surface area contributed by atoms with E-state index in [1.165, 1.54) is 0 Å². The summed E-state index contributed by atoms with van der Waals surface area (Å²) in [5, 5.41) is 0. The summed E-state index contributed by atoms with van der Waals surface area (Å²) >= 11 is 0. The largest absolute Gasteiger partial charge is 0.377 e. The van der Waals surface area contributed by atoms with Gasteiger partial charge in [-0.15, -0.1) is 6.42 Å². The lowest BCUT2D eigenvalue weighted by atomic mass is 10.2. The summed E-state index contributed by atoms with van der Waals surface area (Å²) in [5.74, 6) is 2.38. The SMILES string of the molecule is C#CCO[C@H]1COC[C@@H]1N. The van der Waals surface area contributed by atoms with Crippen LogP contribution in [0.4, 0.5) is 0 Å². The van der Waals surface area contributed by atoms with Gasteiger partial charge in [-0.1, -0.05) is 5.92 Å². The second-order valence-electron chi connectivity index (χ2n) is 2.25. The van der Waals surface area contributed by atoms with E-state index in [1.54, 1.807) is 0 Å². The van der Waals surface area contributed by atoms with Gasteiger partial charge in [0, 0.05) is 0 Å². The molecule has 10 heavy (non-hydrogen) atoms. The Kier molecular flexibility index (Phi) is 2.69. The fraction of sp³-hybridized carbons (Fsp3) is 0.714. The van der Waals surface area contributed by atoms with Crippen molar-refractivity contribution >= 4 is 0 Å². The predicted molar refractivity (Wildman–Crippen MR) is 37.4 cm³/mol. The van der Waals surface area contributed by atoms with Gasteiger partial charge in [0.05, 0.1) is 25.4 Å². The van der Waals surface area contributed by atoms with E-state index in [0.29, 0.717) is 19.8 Å². The highest BCUT2D eigenvalue weighted by Gasteiger charge is 2.24. The molecule has 1 saturated heterocycles. The zero-order chi connectivity index (χ0) is 7.40. The number of hydrogen-bond acceptors (Lipinski definition) is 3. The number of hydrogen-bond donors (Lipinski definition) is 1. The second kappa shape index (κ2) is 3.57. The third-order valence-corrected chi connectivity index (χ3v) is 1.45. The Balaban J connectivity index is 2.21. The molecule has 0 aromatic rings. The van der Waals surface area contributed by atoms with Crippen LogP contribution in [0.1, 0.15) is 0 Å². The van der Waals surface area contributed by atoms with Crippen LogP contribution in [0.3, 0.4) is 0 Å². The first-order chi connectivity index (χ1) is 4.84. The first-order valence-electron chi connectivity index (χ1n) is 3.23. The summed E-state index contributed by atoms with van der Waals surface area (Å²) in [6, 6.07) is -0.00616. The standard InChI is InChI=1S/C7H11NO2/c1-2-3-10-7-5-9-4-6(7)8/h1,6-7H,3-5,8H2/t6-,7-/m0/s1. The van der Waals surface area contributed by atoms with Crippen LogP contribution in [-0.2, 0) is 9.47 Å². The molecule has 0 radical (unpaired) electrons. The topological polar surface area (TPSA) is 44.5 Å². The number of rotatable bonds is 2. The Morgan fingerprint density at radius 1 is 1.70 bits per heavy atom. The quantitative estimate of drug-likeness (QED) is 0.520. The van der Waals surface area contributed by atoms with E-state index in [2.05, 4.69) is 5.92 Å². The third kappa shape index (κ3) is 1.71. The maximum absolute atomic E-state index is 5.60. The maximum atomic E-state index is 5.60. The van der Waals surface area contributed by atoms with E-state index in [9.17, 15) is 0 Å². The van der Waals surface area contributed by atoms with Crippen molar-refractivity contribution in [3.63, 3.8) is 0 Å². The fourth-order valence-corrected chi connectivity index (χ4v) is 0.878. The lowest BCUT2D eigenvalue weighted by Gasteiger charge is -2.11. The predicted octanol–water partition coefficient (Wildman–Crippen LogP) is -0.638. The lowest BCUT2D eigenvalue weighted by Crippen LogP contribution is -2.35. The minimum Gasteiger partial charge on any atom is -0.377 e. The molecule has 1 aliphatic heterocycles. The molecule has 1 rings (SSSR count). The average Bonchev–Trinajstić information content (AvgIpc) is 2.31. The number of ether oxygens (including phenoxy) is 2. The van der Waals surface area contributed by atoms with Crippen molar-refractivity contribution in [3.8, 4) is 12.3 Å². The highest BCUT2D eigenvalue weighted by molar-refractivity contribution is 4.86. The molecule has 3 nitrogen and oxygen atoms in total. The average molecular weight is 141 g/mol. The van der Waals surface area contributed by atoms with Crippen LogP contribution in [0.15, 0.2) is 0 Å². The minimum atomic E-state index is -0.00616. The molecule has 0 saturated carbocycles. The number of terminal acetylenes is 1. The second-order valence-corrected chi connectivity index (χ2v) is 2.25. The van der Waals surface area contributed by atoms with E-state index < -0.39 is 0 Å². The van der Waals surface area contributed by atoms with Gasteiger partial charge < -0.3 is 15.2 Å². The molecule has 0 aromatic heterocycles. The van der Waals surface area contributed by atoms with Crippen molar-refractivity contribution in [2.45, 2.75) is 12.1 Å². The summed E-state index contributed by atoms with van der Waals surface area (Å²) < 4.78 is 10.2. The zero-order valence-electron chi connectivity index (χ0n) is 5.75. The van der Waals surface area contributed by atoms with Gasteiger partial charge in [0.1, 0.15) is 6.61 Å². The molecule has 0 amide bonds. The van der Waals surface area contributed by atoms with Gasteiger partial charge in [-0.05, 0) is 0 Å². The van der Waals surface area contributed by atoms with Crippen molar-refractivity contribution in [3.05, 3.63) is 0 Å². The monoisotopic (exact) mass is 141 g/mol. The minimum absolute atomic E-state index is 0.00366. The molecule has 1 fully saturated rings. The zero-order valence-corrected chi connectivity index (χ0v) is 5.75. The molecule has 1 heterocycles. The summed E-state index contributed by atoms with van der Waals surface area (Å²) in [6.07, 6.45) is 4.99. The molecule has 2 N–H and O–H groups in total. The number of nitrogens with two attached hydrogens (primary N) is 1. The first-order valence-corrected chi connectivity index (χ1v) is 3.23. The van der Waals surface area contributed by atoms with Gasteiger partial charge >= 0.3 is 0 Å². The van der Waals surface area contributed by atoms with E-state index in [0.717, 1.165) is 0 Å². The summed E-state index contributed by atoms with van der Waals surface area (Å²) in [6.45, 7) is 1.47. The Morgan fingerprint density at radius 2 is 2.50 bits per heavy atom. The van der Waals surface area contributed by atoms with Gasteiger partial charge in [-0.2, -0.15) is 0 Å². The van der Waals surface area contributed by atoms with Crippen LogP contribution < -0.4 is 5.73 Å². The highest BCUT2D eigenvalue weighted by Crippen LogP contribution is 2.06. The van der Waals surface area contributed by atoms with Crippen molar-refractivity contribution in [2.24, 2.45) is 5.73 Å². The van der Waals surface area contributed by atoms with Gasteiger partial charge in [-0.25, -0.2) is 0 Å². The van der Waals surface area contributed by atoms with Crippen LogP contribution in [0.2, 0.25) is 0 Å². The van der Waals surface area contributed by atoms with Crippen molar-refractivity contribution in [2.75, 3.05) is 19.8 Å². The summed E-state index contributed by atoms with van der Waals surface area (Å²) in [5.41, 5.74) is 5.60. The maximum Gasteiger partial charge on any atom is 0.108 e. The van der Waals surface area contributed by atoms with Gasteiger partial charge in [0.2, 0.25) is 0 Å². The molecule has 2 atom stereocenters. The molecule has 0 spiro atoms. The molecular formula is C7H11NO2. The fourth-order valence-electron chi connectivity index (χ4n) is 0.878. The van der Waals surface area contributed by atoms with Gasteiger partial charge in [0.25, 0.3) is 0 Å². The van der Waals surface area contributed by atoms with E-state index in [1.807, 2.05) is 0 Å². The van der Waals surface area contributed by atoms with Crippen LogP contribution in [-0.4, -0.2) is 32.0 Å². The molecule has 1 aliphatic rings. The molecule has 0 aliphatic carbocycles. The van der Waals surface area contributed by atoms with Gasteiger partial charge in [0.15, 0.2) is 0 Å². The lowest BCUT2D eigenvalue weighted by molar-refractivity contribution is 0.0582. The Morgan fingerprint density at radius 3 is 3.00 bits per heavy atom. The van der Waals surface area contributed by atoms with Crippen LogP contribution in [0, 0.1) is 12.3 Å². The smallest absolute Gasteiger partial charge is 0.108 e.